The van der Waals surface area contributed by atoms with E-state index in [9.17, 15) is 0 Å². The Hall–Kier alpha value is -1.14. The number of halogens is 1. The van der Waals surface area contributed by atoms with Crippen LogP contribution in [0.3, 0.4) is 0 Å². The summed E-state index contributed by atoms with van der Waals surface area (Å²) in [6.45, 7) is 12.0. The predicted molar refractivity (Wildman–Crippen MR) is 88.4 cm³/mol. The summed E-state index contributed by atoms with van der Waals surface area (Å²) in [6.07, 6.45) is 2.89. The minimum Gasteiger partial charge on any atom is -0.313 e. The highest BCUT2D eigenvalue weighted by Crippen LogP contribution is 2.23. The molecule has 0 bridgehead atoms. The summed E-state index contributed by atoms with van der Waals surface area (Å²) < 4.78 is 5.24. The third-order valence-corrected chi connectivity index (χ3v) is 4.68. The molecule has 21 heavy (non-hydrogen) atoms. The van der Waals surface area contributed by atoms with Crippen molar-refractivity contribution in [2.45, 2.75) is 53.8 Å². The average Bonchev–Trinajstić information content (AvgIpc) is 2.99. The predicted octanol–water partition coefficient (Wildman–Crippen LogP) is 2.89. The fraction of sp³-hybridized carbons (Fsp3) is 0.600. The molecule has 0 aliphatic heterocycles. The molecule has 0 aliphatic carbocycles. The Morgan fingerprint density at radius 1 is 1.24 bits per heavy atom. The van der Waals surface area contributed by atoms with E-state index < -0.39 is 0 Å². The molecular weight excluding hydrogens is 330 g/mol. The lowest BCUT2D eigenvalue weighted by atomic mass is 10.2. The highest BCUT2D eigenvalue weighted by atomic mass is 79.9. The molecule has 2 rings (SSSR count). The van der Waals surface area contributed by atoms with E-state index in [0.29, 0.717) is 0 Å². The summed E-state index contributed by atoms with van der Waals surface area (Å²) in [5.74, 6) is 0. The van der Waals surface area contributed by atoms with Gasteiger partial charge in [-0.1, -0.05) is 13.8 Å². The summed E-state index contributed by atoms with van der Waals surface area (Å²) in [7, 11) is 0. The van der Waals surface area contributed by atoms with Crippen LogP contribution in [0.15, 0.2) is 10.7 Å². The molecule has 0 spiro atoms. The fourth-order valence-electron chi connectivity index (χ4n) is 2.39. The maximum Gasteiger partial charge on any atom is 0.0842 e. The Balaban J connectivity index is 2.26. The molecule has 0 aromatic carbocycles. The fourth-order valence-corrected chi connectivity index (χ4v) is 3.08. The molecule has 2 aromatic heterocycles. The van der Waals surface area contributed by atoms with E-state index >= 15 is 0 Å². The van der Waals surface area contributed by atoms with E-state index in [0.717, 1.165) is 42.8 Å². The monoisotopic (exact) mass is 353 g/mol. The van der Waals surface area contributed by atoms with Crippen LogP contribution in [0.1, 0.15) is 43.4 Å². The first-order valence-electron chi connectivity index (χ1n) is 7.58. The van der Waals surface area contributed by atoms with Crippen molar-refractivity contribution in [2.75, 3.05) is 6.54 Å². The molecule has 0 radical (unpaired) electrons. The number of hydrogen-bond donors (Lipinski definition) is 1. The van der Waals surface area contributed by atoms with Crippen LogP contribution in [0.4, 0.5) is 0 Å². The molecule has 2 heterocycles. The van der Waals surface area contributed by atoms with Gasteiger partial charge in [0.05, 0.1) is 28.6 Å². The van der Waals surface area contributed by atoms with Crippen molar-refractivity contribution < 1.29 is 0 Å². The Kier molecular flexibility index (Phi) is 5.58. The summed E-state index contributed by atoms with van der Waals surface area (Å²) in [5.41, 5.74) is 4.77. The Labute approximate surface area is 134 Å². The smallest absolute Gasteiger partial charge is 0.0842 e. The number of hydrogen-bond acceptors (Lipinski definition) is 3. The molecule has 1 N–H and O–H groups in total. The Morgan fingerprint density at radius 2 is 2.00 bits per heavy atom. The summed E-state index contributed by atoms with van der Waals surface area (Å²) in [6, 6.07) is 0. The summed E-state index contributed by atoms with van der Waals surface area (Å²) in [4.78, 5) is 0. The van der Waals surface area contributed by atoms with Crippen LogP contribution in [0.5, 0.6) is 0 Å². The Morgan fingerprint density at radius 3 is 2.62 bits per heavy atom. The second-order valence-electron chi connectivity index (χ2n) is 5.07. The molecule has 5 nitrogen and oxygen atoms in total. The van der Waals surface area contributed by atoms with Gasteiger partial charge in [0.1, 0.15) is 0 Å². The molecule has 0 saturated heterocycles. The zero-order chi connectivity index (χ0) is 15.4. The maximum atomic E-state index is 4.65. The van der Waals surface area contributed by atoms with E-state index in [1.54, 1.807) is 0 Å². The van der Waals surface area contributed by atoms with Crippen LogP contribution < -0.4 is 5.32 Å². The van der Waals surface area contributed by atoms with Gasteiger partial charge in [-0.15, -0.1) is 0 Å². The van der Waals surface area contributed by atoms with Crippen molar-refractivity contribution in [2.24, 2.45) is 0 Å². The van der Waals surface area contributed by atoms with Crippen LogP contribution in [-0.2, 0) is 26.1 Å². The molecule has 0 aliphatic rings. The summed E-state index contributed by atoms with van der Waals surface area (Å²) >= 11 is 3.70. The molecule has 6 heteroatoms. The number of aromatic nitrogens is 4. The normalized spacial score (nSPS) is 11.3. The van der Waals surface area contributed by atoms with Gasteiger partial charge in [0.25, 0.3) is 0 Å². The SMILES string of the molecule is CCNCc1cnn(Cc2c(Br)c(CC)nn2CC)c1C. The minimum atomic E-state index is 0.749. The highest BCUT2D eigenvalue weighted by molar-refractivity contribution is 9.10. The molecular formula is C15H24BrN5. The molecule has 2 aromatic rings. The number of rotatable bonds is 7. The summed E-state index contributed by atoms with van der Waals surface area (Å²) in [5, 5.41) is 12.5. The van der Waals surface area contributed by atoms with E-state index in [1.807, 2.05) is 6.20 Å². The van der Waals surface area contributed by atoms with E-state index in [1.165, 1.54) is 17.0 Å². The van der Waals surface area contributed by atoms with Crippen LogP contribution in [0.2, 0.25) is 0 Å². The van der Waals surface area contributed by atoms with Gasteiger partial charge in [0, 0.05) is 24.3 Å². The molecule has 116 valence electrons. The molecule has 0 saturated carbocycles. The second kappa shape index (κ2) is 7.22. The van der Waals surface area contributed by atoms with Gasteiger partial charge in [-0.05, 0) is 42.7 Å². The van der Waals surface area contributed by atoms with Crippen LogP contribution in [0.25, 0.3) is 0 Å². The van der Waals surface area contributed by atoms with Crippen LogP contribution in [-0.4, -0.2) is 26.1 Å². The quantitative estimate of drug-likeness (QED) is 0.832. The first kappa shape index (κ1) is 16.2. The van der Waals surface area contributed by atoms with Crippen LogP contribution in [0, 0.1) is 6.92 Å². The Bertz CT molecular complexity index is 599. The molecule has 0 fully saturated rings. The van der Waals surface area contributed by atoms with E-state index in [-0.39, 0.29) is 0 Å². The standard InChI is InChI=1S/C15H24BrN5/c1-5-13-15(16)14(20(7-3)19-13)10-21-11(4)12(9-18-21)8-17-6-2/h9,17H,5-8,10H2,1-4H3. The van der Waals surface area contributed by atoms with E-state index in [2.05, 4.69) is 68.5 Å². The van der Waals surface area contributed by atoms with Crippen molar-refractivity contribution in [1.82, 2.24) is 24.9 Å². The van der Waals surface area contributed by atoms with E-state index in [4.69, 9.17) is 0 Å². The average molecular weight is 354 g/mol. The molecule has 0 atom stereocenters. The van der Waals surface area contributed by atoms with Crippen molar-refractivity contribution in [3.8, 4) is 0 Å². The maximum absolute atomic E-state index is 4.65. The van der Waals surface area contributed by atoms with Gasteiger partial charge < -0.3 is 5.32 Å². The van der Waals surface area contributed by atoms with Crippen molar-refractivity contribution in [3.05, 3.63) is 33.3 Å². The number of nitrogens with one attached hydrogen (secondary N) is 1. The minimum absolute atomic E-state index is 0.749. The molecule has 0 amide bonds. The van der Waals surface area contributed by atoms with Crippen molar-refractivity contribution >= 4 is 15.9 Å². The number of nitrogens with zero attached hydrogens (tertiary/aromatic N) is 4. The highest BCUT2D eigenvalue weighted by Gasteiger charge is 2.16. The van der Waals surface area contributed by atoms with Crippen LogP contribution >= 0.6 is 15.9 Å². The zero-order valence-electron chi connectivity index (χ0n) is 13.3. The third-order valence-electron chi connectivity index (χ3n) is 3.76. The van der Waals surface area contributed by atoms with Crippen molar-refractivity contribution in [1.29, 1.82) is 0 Å². The zero-order valence-corrected chi connectivity index (χ0v) is 14.9. The van der Waals surface area contributed by atoms with Gasteiger partial charge in [-0.2, -0.15) is 10.2 Å². The lowest BCUT2D eigenvalue weighted by molar-refractivity contribution is 0.565. The van der Waals surface area contributed by atoms with Gasteiger partial charge >= 0.3 is 0 Å². The topological polar surface area (TPSA) is 47.7 Å². The van der Waals surface area contributed by atoms with Gasteiger partial charge in [-0.3, -0.25) is 9.36 Å². The lowest BCUT2D eigenvalue weighted by Crippen LogP contribution is -2.13. The first-order chi connectivity index (χ1) is 10.1. The number of aryl methyl sites for hydroxylation is 2. The second-order valence-corrected chi connectivity index (χ2v) is 5.86. The largest absolute Gasteiger partial charge is 0.313 e. The van der Waals surface area contributed by atoms with Gasteiger partial charge in [0.15, 0.2) is 0 Å². The van der Waals surface area contributed by atoms with Gasteiger partial charge in [-0.25, -0.2) is 0 Å². The lowest BCUT2D eigenvalue weighted by Gasteiger charge is -2.08. The van der Waals surface area contributed by atoms with Crippen molar-refractivity contribution in [3.63, 3.8) is 0 Å². The van der Waals surface area contributed by atoms with Gasteiger partial charge in [0.2, 0.25) is 0 Å². The molecule has 0 unspecified atom stereocenters. The first-order valence-corrected chi connectivity index (χ1v) is 8.37. The third kappa shape index (κ3) is 3.37.